The molecule has 0 amide bonds. The van der Waals surface area contributed by atoms with Gasteiger partial charge in [0.2, 0.25) is 0 Å². The van der Waals surface area contributed by atoms with Crippen molar-refractivity contribution in [2.45, 2.75) is 290 Å². The minimum absolute atomic E-state index is 0.0761. The Hall–Kier alpha value is -4.74. The van der Waals surface area contributed by atoms with Crippen molar-refractivity contribution in [2.24, 2.45) is 0 Å². The fourth-order valence-corrected chi connectivity index (χ4v) is 9.05. The molecule has 0 aliphatic heterocycles. The molecule has 0 bridgehead atoms. The van der Waals surface area contributed by atoms with Crippen LogP contribution < -0.4 is 0 Å². The standard InChI is InChI=1S/C77H124O5/c1-3-5-7-9-11-13-15-17-19-21-23-25-27-29-31-33-35-37-38-40-42-44-46-48-50-52-54-56-58-60-62-64-66-68-70-72-77(80)82-75(73-78)74-81-76(79)71-69-67-65-63-61-59-57-55-53-51-49-47-45-43-41-39-36-34-32-30-28-26-24-22-20-18-16-14-12-10-8-6-4-2/h5-8,11-14,17-20,23-26,29-32,35-37,39-40,42-43,45,75,78H,3-4,9-10,15-16,21-22,27-28,33-34,38,41,44,46-74H2,1-2H3/b7-5-,8-6-,13-11-,14-12-,19-17-,20-18-,25-23-,26-24-,31-29-,32-30-,37-35-,39-36-,42-40-,45-43-. The Labute approximate surface area is 506 Å². The summed E-state index contributed by atoms with van der Waals surface area (Å²) in [6.07, 6.45) is 109. The second-order valence-electron chi connectivity index (χ2n) is 21.8. The third kappa shape index (κ3) is 67.8. The van der Waals surface area contributed by atoms with Gasteiger partial charge in [-0.2, -0.15) is 0 Å². The SMILES string of the molecule is CC/C=C\C/C=C\C/C=C\C/C=C\C/C=C\C/C=C\C/C=C\CCCCCCCCCCCCCCCC(=O)OC(CO)COC(=O)CCCCCCCCCCCCC/C=C\C/C=C\C/C=C\C/C=C\C/C=C\C/C=C\C/C=C\CC. The lowest BCUT2D eigenvalue weighted by Gasteiger charge is -2.15. The van der Waals surface area contributed by atoms with Gasteiger partial charge in [0.1, 0.15) is 6.61 Å². The molecule has 5 heteroatoms. The van der Waals surface area contributed by atoms with E-state index in [2.05, 4.69) is 184 Å². The molecular weight excluding hydrogens is 1000 g/mol. The molecule has 0 saturated heterocycles. The molecular formula is C77H124O5. The number of hydrogen-bond acceptors (Lipinski definition) is 5. The molecule has 0 aromatic carbocycles. The van der Waals surface area contributed by atoms with Crippen LogP contribution in [0.4, 0.5) is 0 Å². The lowest BCUT2D eigenvalue weighted by atomic mass is 10.0. The van der Waals surface area contributed by atoms with Gasteiger partial charge in [-0.05, 0) is 128 Å². The van der Waals surface area contributed by atoms with Gasteiger partial charge in [0.25, 0.3) is 0 Å². The summed E-state index contributed by atoms with van der Waals surface area (Å²) in [4.78, 5) is 24.7. The van der Waals surface area contributed by atoms with Crippen LogP contribution in [0.5, 0.6) is 0 Å². The average molecular weight is 1130 g/mol. The van der Waals surface area contributed by atoms with Crippen LogP contribution in [0, 0.1) is 0 Å². The van der Waals surface area contributed by atoms with Crippen LogP contribution in [0.2, 0.25) is 0 Å². The van der Waals surface area contributed by atoms with Crippen molar-refractivity contribution in [1.82, 2.24) is 0 Å². The van der Waals surface area contributed by atoms with E-state index < -0.39 is 6.10 Å². The number of esters is 2. The Morgan fingerprint density at radius 2 is 0.488 bits per heavy atom. The lowest BCUT2D eigenvalue weighted by molar-refractivity contribution is -0.161. The molecule has 0 radical (unpaired) electrons. The molecule has 5 nitrogen and oxygen atoms in total. The van der Waals surface area contributed by atoms with Gasteiger partial charge in [-0.3, -0.25) is 9.59 Å². The molecule has 0 spiro atoms. The van der Waals surface area contributed by atoms with E-state index in [1.165, 1.54) is 128 Å². The number of unbranched alkanes of at least 4 members (excludes halogenated alkanes) is 24. The smallest absolute Gasteiger partial charge is 0.306 e. The fourth-order valence-electron chi connectivity index (χ4n) is 9.05. The summed E-state index contributed by atoms with van der Waals surface area (Å²) in [5.41, 5.74) is 0. The van der Waals surface area contributed by atoms with E-state index in [-0.39, 0.29) is 25.2 Å². The van der Waals surface area contributed by atoms with Gasteiger partial charge in [-0.15, -0.1) is 0 Å². The van der Waals surface area contributed by atoms with E-state index in [0.29, 0.717) is 12.8 Å². The number of rotatable bonds is 60. The number of aliphatic hydroxyl groups is 1. The molecule has 0 aliphatic rings. The predicted octanol–water partition coefficient (Wildman–Crippen LogP) is 23.6. The van der Waals surface area contributed by atoms with Gasteiger partial charge < -0.3 is 14.6 Å². The van der Waals surface area contributed by atoms with E-state index in [1.54, 1.807) is 0 Å². The highest BCUT2D eigenvalue weighted by atomic mass is 16.6. The van der Waals surface area contributed by atoms with Crippen LogP contribution in [-0.2, 0) is 19.1 Å². The van der Waals surface area contributed by atoms with Gasteiger partial charge in [-0.25, -0.2) is 0 Å². The molecule has 0 saturated carbocycles. The van der Waals surface area contributed by atoms with Gasteiger partial charge in [0.05, 0.1) is 6.61 Å². The molecule has 1 atom stereocenters. The van der Waals surface area contributed by atoms with E-state index >= 15 is 0 Å². The molecule has 0 aromatic rings. The highest BCUT2D eigenvalue weighted by molar-refractivity contribution is 5.70. The van der Waals surface area contributed by atoms with Crippen LogP contribution in [-0.4, -0.2) is 36.4 Å². The zero-order valence-corrected chi connectivity index (χ0v) is 52.9. The molecule has 0 aliphatic carbocycles. The molecule has 0 aromatic heterocycles. The number of carbonyl (C=O) groups is 2. The Morgan fingerprint density at radius 3 is 0.732 bits per heavy atom. The van der Waals surface area contributed by atoms with E-state index in [1.807, 2.05) is 0 Å². The summed E-state index contributed by atoms with van der Waals surface area (Å²) in [7, 11) is 0. The van der Waals surface area contributed by atoms with Crippen LogP contribution in [0.15, 0.2) is 170 Å². The first-order chi connectivity index (χ1) is 40.6. The summed E-state index contributed by atoms with van der Waals surface area (Å²) >= 11 is 0. The molecule has 82 heavy (non-hydrogen) atoms. The fraction of sp³-hybridized carbons (Fsp3) is 0.610. The van der Waals surface area contributed by atoms with Gasteiger partial charge in [0.15, 0.2) is 6.10 Å². The van der Waals surface area contributed by atoms with Crippen LogP contribution in [0.1, 0.15) is 284 Å². The van der Waals surface area contributed by atoms with Crippen LogP contribution >= 0.6 is 0 Å². The summed E-state index contributed by atoms with van der Waals surface area (Å²) < 4.78 is 10.7. The van der Waals surface area contributed by atoms with E-state index in [0.717, 1.165) is 128 Å². The van der Waals surface area contributed by atoms with Crippen LogP contribution in [0.3, 0.4) is 0 Å². The number of ether oxygens (including phenoxy) is 2. The Balaban J connectivity index is 3.54. The maximum Gasteiger partial charge on any atom is 0.306 e. The highest BCUT2D eigenvalue weighted by Gasteiger charge is 2.16. The maximum absolute atomic E-state index is 12.4. The topological polar surface area (TPSA) is 72.8 Å². The van der Waals surface area contributed by atoms with Gasteiger partial charge >= 0.3 is 11.9 Å². The molecule has 0 heterocycles. The van der Waals surface area contributed by atoms with Crippen molar-refractivity contribution in [2.75, 3.05) is 13.2 Å². The summed E-state index contributed by atoms with van der Waals surface area (Å²) in [5.74, 6) is -0.599. The Morgan fingerprint density at radius 1 is 0.280 bits per heavy atom. The predicted molar refractivity (Wildman–Crippen MR) is 361 cm³/mol. The second-order valence-corrected chi connectivity index (χ2v) is 21.8. The monoisotopic (exact) mass is 1130 g/mol. The number of allylic oxidation sites excluding steroid dienone is 28. The summed E-state index contributed by atoms with van der Waals surface area (Å²) in [6, 6.07) is 0. The number of aliphatic hydroxyl groups excluding tert-OH is 1. The van der Waals surface area contributed by atoms with Crippen molar-refractivity contribution < 1.29 is 24.2 Å². The molecule has 1 unspecified atom stereocenters. The zero-order valence-electron chi connectivity index (χ0n) is 52.9. The first-order valence-corrected chi connectivity index (χ1v) is 33.7. The number of hydrogen-bond donors (Lipinski definition) is 1. The van der Waals surface area contributed by atoms with Crippen molar-refractivity contribution >= 4 is 11.9 Å². The molecule has 0 fully saturated rings. The molecule has 0 rings (SSSR count). The third-order valence-electron chi connectivity index (χ3n) is 14.0. The lowest BCUT2D eigenvalue weighted by Crippen LogP contribution is -2.28. The van der Waals surface area contributed by atoms with Gasteiger partial charge in [-0.1, -0.05) is 312 Å². The van der Waals surface area contributed by atoms with E-state index in [4.69, 9.17) is 9.47 Å². The van der Waals surface area contributed by atoms with Crippen molar-refractivity contribution in [3.63, 3.8) is 0 Å². The molecule has 1 N–H and O–H groups in total. The van der Waals surface area contributed by atoms with Crippen molar-refractivity contribution in [3.8, 4) is 0 Å². The Bertz CT molecular complexity index is 1810. The normalized spacial score (nSPS) is 13.4. The molecule has 462 valence electrons. The van der Waals surface area contributed by atoms with Gasteiger partial charge in [0, 0.05) is 12.8 Å². The van der Waals surface area contributed by atoms with E-state index in [9.17, 15) is 14.7 Å². The first kappa shape index (κ1) is 77.3. The minimum atomic E-state index is -0.787. The second kappa shape index (κ2) is 70.5. The van der Waals surface area contributed by atoms with Crippen molar-refractivity contribution in [1.29, 1.82) is 0 Å². The zero-order chi connectivity index (χ0) is 59.1. The average Bonchev–Trinajstić information content (AvgIpc) is 3.49. The quantitative estimate of drug-likeness (QED) is 0.0373. The Kier molecular flexibility index (Phi) is 66.4. The first-order valence-electron chi connectivity index (χ1n) is 33.7. The largest absolute Gasteiger partial charge is 0.462 e. The van der Waals surface area contributed by atoms with Crippen LogP contribution in [0.25, 0.3) is 0 Å². The number of carbonyl (C=O) groups excluding carboxylic acids is 2. The minimum Gasteiger partial charge on any atom is -0.462 e. The summed E-state index contributed by atoms with van der Waals surface area (Å²) in [5, 5.41) is 9.70. The summed E-state index contributed by atoms with van der Waals surface area (Å²) in [6.45, 7) is 3.92. The van der Waals surface area contributed by atoms with Crippen molar-refractivity contribution in [3.05, 3.63) is 170 Å². The highest BCUT2D eigenvalue weighted by Crippen LogP contribution is 2.16. The maximum atomic E-state index is 12.4. The third-order valence-corrected chi connectivity index (χ3v) is 14.0.